The number of hydrogen-bond donors (Lipinski definition) is 2. The van der Waals surface area contributed by atoms with E-state index in [2.05, 4.69) is 15.0 Å². The second-order valence-electron chi connectivity index (χ2n) is 8.86. The van der Waals surface area contributed by atoms with Gasteiger partial charge >= 0.3 is 5.97 Å². The van der Waals surface area contributed by atoms with Crippen LogP contribution < -0.4 is 10.5 Å². The molecule has 5 rings (SSSR count). The number of anilines is 1. The van der Waals surface area contributed by atoms with Crippen molar-refractivity contribution >= 4 is 28.7 Å². The van der Waals surface area contributed by atoms with Crippen LogP contribution in [0.3, 0.4) is 0 Å². The number of pyridine rings is 1. The number of rotatable bonds is 4. The zero-order valence-corrected chi connectivity index (χ0v) is 18.9. The Morgan fingerprint density at radius 2 is 2.09 bits per heavy atom. The molecule has 2 aliphatic rings. The smallest absolute Gasteiger partial charge is 0.310 e. The van der Waals surface area contributed by atoms with E-state index in [1.54, 1.807) is 25.1 Å². The third kappa shape index (κ3) is 3.91. The number of benzene rings is 1. The van der Waals surface area contributed by atoms with Gasteiger partial charge in [-0.25, -0.2) is 4.98 Å². The fourth-order valence-corrected chi connectivity index (χ4v) is 5.08. The summed E-state index contributed by atoms with van der Waals surface area (Å²) in [5, 5.41) is 10.6. The quantitative estimate of drug-likeness (QED) is 0.567. The van der Waals surface area contributed by atoms with Crippen molar-refractivity contribution in [2.45, 2.75) is 38.5 Å². The maximum atomic E-state index is 13.2. The van der Waals surface area contributed by atoms with Gasteiger partial charge in [-0.15, -0.1) is 0 Å². The first-order chi connectivity index (χ1) is 16.5. The maximum absolute atomic E-state index is 13.2. The van der Waals surface area contributed by atoms with E-state index in [0.29, 0.717) is 54.1 Å². The fraction of sp³-hybridized carbons (Fsp3) is 0.400. The number of phenols is 1. The van der Waals surface area contributed by atoms with Crippen LogP contribution in [0, 0.1) is 5.92 Å². The molecule has 0 radical (unpaired) electrons. The number of esters is 1. The highest BCUT2D eigenvalue weighted by atomic mass is 16.5. The number of carbonyl (C=O) groups excluding carboxylic acids is 2. The van der Waals surface area contributed by atoms with Crippen LogP contribution in [0.2, 0.25) is 0 Å². The van der Waals surface area contributed by atoms with Crippen LogP contribution in [0.15, 0.2) is 35.3 Å². The highest BCUT2D eigenvalue weighted by Crippen LogP contribution is 2.38. The second kappa shape index (κ2) is 8.89. The molecule has 3 aromatic rings. The number of aromatic nitrogens is 3. The van der Waals surface area contributed by atoms with Gasteiger partial charge in [0.2, 0.25) is 5.95 Å². The Labute approximate surface area is 195 Å². The summed E-state index contributed by atoms with van der Waals surface area (Å²) >= 11 is 0. The van der Waals surface area contributed by atoms with E-state index in [-0.39, 0.29) is 47.0 Å². The number of ether oxygens (including phenoxy) is 1. The minimum Gasteiger partial charge on any atom is -0.508 e. The number of ketones is 1. The Balaban J connectivity index is 1.51. The molecule has 34 heavy (non-hydrogen) atoms. The molecule has 0 spiro atoms. The molecule has 9 nitrogen and oxygen atoms in total. The molecule has 0 saturated carbocycles. The van der Waals surface area contributed by atoms with E-state index in [1.807, 2.05) is 11.0 Å². The Morgan fingerprint density at radius 3 is 2.88 bits per heavy atom. The Bertz CT molecular complexity index is 1330. The van der Waals surface area contributed by atoms with Crippen LogP contribution in [0.25, 0.3) is 11.0 Å². The number of hydrogen-bond acceptors (Lipinski definition) is 8. The molecule has 2 aromatic heterocycles. The summed E-state index contributed by atoms with van der Waals surface area (Å²) in [4.78, 5) is 52.0. The normalized spacial score (nSPS) is 20.3. The van der Waals surface area contributed by atoms with E-state index in [9.17, 15) is 19.5 Å². The van der Waals surface area contributed by atoms with E-state index in [0.717, 1.165) is 12.8 Å². The first-order valence-corrected chi connectivity index (χ1v) is 11.6. The number of piperidine rings is 1. The van der Waals surface area contributed by atoms with E-state index in [4.69, 9.17) is 4.74 Å². The number of fused-ring (bicyclic) bond motifs is 3. The molecule has 3 heterocycles. The van der Waals surface area contributed by atoms with Gasteiger partial charge in [0.15, 0.2) is 11.4 Å². The molecule has 0 bridgehead atoms. The van der Waals surface area contributed by atoms with Gasteiger partial charge in [-0.2, -0.15) is 4.98 Å². The molecular formula is C25H26N4O5. The van der Waals surface area contributed by atoms with E-state index in [1.165, 1.54) is 6.20 Å². The molecule has 1 saturated heterocycles. The van der Waals surface area contributed by atoms with Gasteiger partial charge in [-0.3, -0.25) is 19.4 Å². The Kier molecular flexibility index (Phi) is 5.77. The lowest BCUT2D eigenvalue weighted by Crippen LogP contribution is -2.41. The molecule has 0 amide bonds. The van der Waals surface area contributed by atoms with Gasteiger partial charge in [0.1, 0.15) is 5.75 Å². The van der Waals surface area contributed by atoms with Crippen molar-refractivity contribution in [3.63, 3.8) is 0 Å². The molecule has 1 fully saturated rings. The average Bonchev–Trinajstić information content (AvgIpc) is 2.84. The summed E-state index contributed by atoms with van der Waals surface area (Å²) in [6, 6.07) is 6.96. The highest BCUT2D eigenvalue weighted by molar-refractivity contribution is 6.02. The molecule has 2 atom stereocenters. The van der Waals surface area contributed by atoms with Crippen LogP contribution >= 0.6 is 0 Å². The predicted molar refractivity (Wildman–Crippen MR) is 125 cm³/mol. The topological polar surface area (TPSA) is 125 Å². The van der Waals surface area contributed by atoms with Gasteiger partial charge in [-0.05, 0) is 49.3 Å². The first kappa shape index (κ1) is 22.1. The number of aromatic amines is 1. The number of H-pyrrole nitrogens is 1. The van der Waals surface area contributed by atoms with Crippen molar-refractivity contribution in [2.75, 3.05) is 24.6 Å². The summed E-state index contributed by atoms with van der Waals surface area (Å²) in [7, 11) is 0. The zero-order valence-electron chi connectivity index (χ0n) is 18.9. The van der Waals surface area contributed by atoms with Crippen LogP contribution in [0.1, 0.15) is 53.6 Å². The van der Waals surface area contributed by atoms with Crippen LogP contribution in [-0.4, -0.2) is 51.5 Å². The molecular weight excluding hydrogens is 436 g/mol. The van der Waals surface area contributed by atoms with Gasteiger partial charge in [-0.1, -0.05) is 18.2 Å². The Hall–Kier alpha value is -3.75. The molecule has 1 aromatic carbocycles. The first-order valence-electron chi connectivity index (χ1n) is 11.6. The minimum absolute atomic E-state index is 0.110. The largest absolute Gasteiger partial charge is 0.508 e. The summed E-state index contributed by atoms with van der Waals surface area (Å²) in [6.07, 6.45) is 3.67. The summed E-state index contributed by atoms with van der Waals surface area (Å²) in [6.45, 7) is 3.17. The number of aromatic hydroxyl groups is 1. The minimum atomic E-state index is -0.367. The second-order valence-corrected chi connectivity index (χ2v) is 8.86. The predicted octanol–water partition coefficient (Wildman–Crippen LogP) is 2.72. The van der Waals surface area contributed by atoms with E-state index >= 15 is 0 Å². The van der Waals surface area contributed by atoms with Gasteiger partial charge in [0, 0.05) is 31.3 Å². The summed E-state index contributed by atoms with van der Waals surface area (Å²) in [5.74, 6) is -0.366. The number of nitrogens with zero attached hydrogens (tertiary/aromatic N) is 3. The molecule has 176 valence electrons. The Morgan fingerprint density at radius 1 is 1.26 bits per heavy atom. The van der Waals surface area contributed by atoms with Crippen LogP contribution in [0.5, 0.6) is 5.75 Å². The number of Topliss-reactive ketones (excluding diaryl/α,β-unsaturated/α-hetero) is 1. The number of nitrogens with one attached hydrogen (secondary N) is 1. The SMILES string of the molecule is CCOC(=O)C1CCCN(c2nc3ncc4c(c3c(=O)[nH]2)CC(c2ccccc2O)CC4=O)C1. The van der Waals surface area contributed by atoms with Crippen molar-refractivity contribution in [3.8, 4) is 5.75 Å². The standard InChI is InChI=1S/C25H26N4O5/c1-2-34-24(33)14-6-5-9-29(13-14)25-27-22-21(23(32)28-25)17-10-15(11-20(31)18(17)12-26-22)16-7-3-4-8-19(16)30/h3-4,7-8,12,14-15,30H,2,5-6,9-11,13H2,1H3,(H,26,27,28,32). The van der Waals surface area contributed by atoms with Crippen molar-refractivity contribution < 1.29 is 19.4 Å². The third-order valence-corrected chi connectivity index (χ3v) is 6.73. The van der Waals surface area contributed by atoms with Crippen molar-refractivity contribution in [2.24, 2.45) is 5.92 Å². The van der Waals surface area contributed by atoms with Gasteiger partial charge in [0.05, 0.1) is 17.9 Å². The van der Waals surface area contributed by atoms with Crippen LogP contribution in [-0.2, 0) is 16.0 Å². The lowest BCUT2D eigenvalue weighted by molar-refractivity contribution is -0.148. The molecule has 2 N–H and O–H groups in total. The van der Waals surface area contributed by atoms with E-state index < -0.39 is 0 Å². The summed E-state index contributed by atoms with van der Waals surface area (Å²) in [5.41, 5.74) is 1.62. The van der Waals surface area contributed by atoms with Gasteiger partial charge in [0.25, 0.3) is 5.56 Å². The molecule has 9 heteroatoms. The highest BCUT2D eigenvalue weighted by Gasteiger charge is 2.32. The molecule has 2 unspecified atom stereocenters. The fourth-order valence-electron chi connectivity index (χ4n) is 5.08. The number of phenolic OH excluding ortho intramolecular Hbond substituents is 1. The lowest BCUT2D eigenvalue weighted by Gasteiger charge is -2.32. The van der Waals surface area contributed by atoms with Crippen LogP contribution in [0.4, 0.5) is 5.95 Å². The third-order valence-electron chi connectivity index (χ3n) is 6.73. The van der Waals surface area contributed by atoms with Crippen molar-refractivity contribution in [3.05, 3.63) is 57.5 Å². The summed E-state index contributed by atoms with van der Waals surface area (Å²) < 4.78 is 5.17. The number of carbonyl (C=O) groups is 2. The average molecular weight is 463 g/mol. The van der Waals surface area contributed by atoms with Gasteiger partial charge < -0.3 is 14.7 Å². The monoisotopic (exact) mass is 462 g/mol. The van der Waals surface area contributed by atoms with Crippen molar-refractivity contribution in [1.29, 1.82) is 0 Å². The lowest BCUT2D eigenvalue weighted by atomic mass is 9.79. The zero-order chi connectivity index (χ0) is 23.8. The maximum Gasteiger partial charge on any atom is 0.310 e. The number of para-hydroxylation sites is 1. The molecule has 1 aliphatic heterocycles. The van der Waals surface area contributed by atoms with Crippen molar-refractivity contribution in [1.82, 2.24) is 15.0 Å². The molecule has 1 aliphatic carbocycles.